The number of nitrogens with one attached hydrogen (secondary N) is 4. The van der Waals surface area contributed by atoms with Crippen LogP contribution in [-0.4, -0.2) is 27.0 Å². The van der Waals surface area contributed by atoms with Crippen LogP contribution in [0.4, 0.5) is 0 Å². The van der Waals surface area contributed by atoms with Gasteiger partial charge in [-0.25, -0.2) is 0 Å². The molecule has 8 heteroatoms. The van der Waals surface area contributed by atoms with Crippen molar-refractivity contribution in [3.63, 3.8) is 0 Å². The van der Waals surface area contributed by atoms with E-state index in [0.29, 0.717) is 52.8 Å². The van der Waals surface area contributed by atoms with Gasteiger partial charge in [-0.1, -0.05) is 96.1 Å². The van der Waals surface area contributed by atoms with Crippen molar-refractivity contribution in [3.8, 4) is 34.0 Å². The fourth-order valence-electron chi connectivity index (χ4n) is 5.49. The predicted octanol–water partition coefficient (Wildman–Crippen LogP) is 6.83. The van der Waals surface area contributed by atoms with Gasteiger partial charge in [0.15, 0.2) is 11.5 Å². The Hall–Kier alpha value is -5.50. The van der Waals surface area contributed by atoms with Crippen molar-refractivity contribution < 1.29 is 9.47 Å². The second kappa shape index (κ2) is 12.4. The number of hydrogen-bond donors (Lipinski definition) is 4. The molecule has 0 unspecified atom stereocenters. The van der Waals surface area contributed by atoms with Crippen molar-refractivity contribution in [2.75, 3.05) is 6.61 Å². The van der Waals surface area contributed by atoms with Crippen molar-refractivity contribution >= 4 is 0 Å². The lowest BCUT2D eigenvalue weighted by atomic mass is 9.83. The second-order valence-corrected chi connectivity index (χ2v) is 10.8. The Labute approximate surface area is 254 Å². The standard InChI is InChI=1S/C36H34N4O4/c1-4-43-29-20-27(18-19-28(29)44-21-24-8-6-5-7-9-24)30(31-33(37-39-35(31)41)25-14-10-22(2)11-15-25)32-34(38-40-36(32)42)26-16-12-23(3)13-17-26/h5-20,30H,4,21H2,1-3H3,(H2,37,39,41)(H2,38,40,42). The maximum atomic E-state index is 13.7. The Kier molecular flexibility index (Phi) is 8.06. The van der Waals surface area contributed by atoms with Crippen LogP contribution in [-0.2, 0) is 6.61 Å². The number of aryl methyl sites for hydroxylation is 2. The molecular weight excluding hydrogens is 552 g/mol. The molecule has 4 N–H and O–H groups in total. The lowest BCUT2D eigenvalue weighted by Crippen LogP contribution is -2.20. The molecule has 2 aromatic heterocycles. The van der Waals surface area contributed by atoms with Crippen LogP contribution in [0, 0.1) is 13.8 Å². The third kappa shape index (κ3) is 5.74. The van der Waals surface area contributed by atoms with E-state index in [9.17, 15) is 9.59 Å². The van der Waals surface area contributed by atoms with E-state index >= 15 is 0 Å². The second-order valence-electron chi connectivity index (χ2n) is 10.8. The average molecular weight is 587 g/mol. The fraction of sp³-hybridized carbons (Fsp3) is 0.167. The molecule has 0 saturated carbocycles. The molecule has 2 heterocycles. The summed E-state index contributed by atoms with van der Waals surface area (Å²) in [6, 6.07) is 31.3. The monoisotopic (exact) mass is 586 g/mol. The highest BCUT2D eigenvalue weighted by Gasteiger charge is 2.32. The molecule has 0 saturated heterocycles. The van der Waals surface area contributed by atoms with Gasteiger partial charge < -0.3 is 9.47 Å². The van der Waals surface area contributed by atoms with Gasteiger partial charge in [0, 0.05) is 5.92 Å². The Morgan fingerprint density at radius 2 is 1.16 bits per heavy atom. The Morgan fingerprint density at radius 1 is 0.614 bits per heavy atom. The van der Waals surface area contributed by atoms with E-state index in [0.717, 1.165) is 27.8 Å². The zero-order chi connectivity index (χ0) is 30.6. The minimum absolute atomic E-state index is 0.316. The van der Waals surface area contributed by atoms with Crippen LogP contribution in [0.1, 0.15) is 46.2 Å². The van der Waals surface area contributed by atoms with Crippen molar-refractivity contribution in [3.05, 3.63) is 151 Å². The molecular formula is C36H34N4O4. The highest BCUT2D eigenvalue weighted by Crippen LogP contribution is 2.41. The first-order chi connectivity index (χ1) is 21.4. The summed E-state index contributed by atoms with van der Waals surface area (Å²) in [7, 11) is 0. The molecule has 0 aliphatic heterocycles. The first-order valence-corrected chi connectivity index (χ1v) is 14.6. The summed E-state index contributed by atoms with van der Waals surface area (Å²) in [6.45, 7) is 6.71. The highest BCUT2D eigenvalue weighted by molar-refractivity contribution is 5.71. The van der Waals surface area contributed by atoms with E-state index in [-0.39, 0.29) is 11.1 Å². The van der Waals surface area contributed by atoms with Crippen LogP contribution in [0.5, 0.6) is 11.5 Å². The zero-order valence-electron chi connectivity index (χ0n) is 24.9. The summed E-state index contributed by atoms with van der Waals surface area (Å²) in [5.41, 5.74) is 7.01. The largest absolute Gasteiger partial charge is 0.490 e. The van der Waals surface area contributed by atoms with Crippen LogP contribution in [0.15, 0.2) is 107 Å². The molecule has 0 bridgehead atoms. The van der Waals surface area contributed by atoms with Crippen molar-refractivity contribution in [1.29, 1.82) is 0 Å². The molecule has 6 aromatic rings. The van der Waals surface area contributed by atoms with Crippen LogP contribution in [0.3, 0.4) is 0 Å². The van der Waals surface area contributed by atoms with Crippen molar-refractivity contribution in [2.45, 2.75) is 33.3 Å². The predicted molar refractivity (Wildman–Crippen MR) is 173 cm³/mol. The van der Waals surface area contributed by atoms with E-state index in [2.05, 4.69) is 20.4 Å². The summed E-state index contributed by atoms with van der Waals surface area (Å²) >= 11 is 0. The molecule has 8 nitrogen and oxygen atoms in total. The smallest absolute Gasteiger partial charge is 0.268 e. The van der Waals surface area contributed by atoms with Gasteiger partial charge in [-0.05, 0) is 55.2 Å². The number of ether oxygens (including phenoxy) is 2. The quantitative estimate of drug-likeness (QED) is 0.141. The van der Waals surface area contributed by atoms with E-state index in [1.165, 1.54) is 0 Å². The van der Waals surface area contributed by atoms with Gasteiger partial charge in [-0.2, -0.15) is 0 Å². The maximum Gasteiger partial charge on any atom is 0.268 e. The topological polar surface area (TPSA) is 116 Å². The molecule has 0 atom stereocenters. The van der Waals surface area contributed by atoms with Gasteiger partial charge in [0.25, 0.3) is 11.1 Å². The molecule has 0 aliphatic carbocycles. The molecule has 0 amide bonds. The first-order valence-electron chi connectivity index (χ1n) is 14.6. The highest BCUT2D eigenvalue weighted by atomic mass is 16.5. The molecule has 6 rings (SSSR count). The summed E-state index contributed by atoms with van der Waals surface area (Å²) in [4.78, 5) is 27.3. The minimum atomic E-state index is -0.755. The lowest BCUT2D eigenvalue weighted by molar-refractivity contribution is 0.269. The molecule has 44 heavy (non-hydrogen) atoms. The van der Waals surface area contributed by atoms with Crippen LogP contribution in [0.25, 0.3) is 22.5 Å². The maximum absolute atomic E-state index is 13.7. The molecule has 0 radical (unpaired) electrons. The van der Waals surface area contributed by atoms with E-state index in [1.807, 2.05) is 118 Å². The minimum Gasteiger partial charge on any atom is -0.490 e. The summed E-state index contributed by atoms with van der Waals surface area (Å²) in [6.07, 6.45) is 0. The molecule has 4 aromatic carbocycles. The van der Waals surface area contributed by atoms with Gasteiger partial charge in [-0.3, -0.25) is 30.0 Å². The molecule has 0 aliphatic rings. The number of aromatic nitrogens is 4. The van der Waals surface area contributed by atoms with Crippen molar-refractivity contribution in [2.24, 2.45) is 0 Å². The molecule has 0 spiro atoms. The summed E-state index contributed by atoms with van der Waals surface area (Å²) in [5, 5.41) is 11.7. The number of rotatable bonds is 10. The molecule has 0 fully saturated rings. The number of H-pyrrole nitrogens is 4. The van der Waals surface area contributed by atoms with Crippen LogP contribution >= 0.6 is 0 Å². The third-order valence-corrected chi connectivity index (χ3v) is 7.73. The van der Waals surface area contributed by atoms with Crippen LogP contribution < -0.4 is 20.6 Å². The van der Waals surface area contributed by atoms with Gasteiger partial charge in [-0.15, -0.1) is 0 Å². The Balaban J connectivity index is 1.54. The van der Waals surface area contributed by atoms with Gasteiger partial charge in [0.1, 0.15) is 6.61 Å². The van der Waals surface area contributed by atoms with Crippen LogP contribution in [0.2, 0.25) is 0 Å². The first kappa shape index (κ1) is 28.6. The lowest BCUT2D eigenvalue weighted by Gasteiger charge is -2.20. The average Bonchev–Trinajstić information content (AvgIpc) is 3.61. The molecule has 222 valence electrons. The summed E-state index contributed by atoms with van der Waals surface area (Å²) in [5.74, 6) is 0.343. The van der Waals surface area contributed by atoms with Gasteiger partial charge >= 0.3 is 0 Å². The SMILES string of the molecule is CCOc1cc(C(c2c(-c3ccc(C)cc3)[nH][nH]c2=O)c2c(-c3ccc(C)cc3)[nH][nH]c2=O)ccc1OCc1ccccc1. The number of aromatic amines is 4. The van der Waals surface area contributed by atoms with E-state index in [4.69, 9.17) is 9.47 Å². The Bertz CT molecular complexity index is 1880. The number of benzene rings is 4. The van der Waals surface area contributed by atoms with E-state index < -0.39 is 5.92 Å². The summed E-state index contributed by atoms with van der Waals surface area (Å²) < 4.78 is 12.2. The normalized spacial score (nSPS) is 11.2. The van der Waals surface area contributed by atoms with Gasteiger partial charge in [0.2, 0.25) is 0 Å². The third-order valence-electron chi connectivity index (χ3n) is 7.73. The number of hydrogen-bond acceptors (Lipinski definition) is 4. The van der Waals surface area contributed by atoms with Crippen molar-refractivity contribution in [1.82, 2.24) is 20.4 Å². The zero-order valence-corrected chi connectivity index (χ0v) is 24.9. The van der Waals surface area contributed by atoms with E-state index in [1.54, 1.807) is 0 Å². The fourth-order valence-corrected chi connectivity index (χ4v) is 5.49. The van der Waals surface area contributed by atoms with Gasteiger partial charge in [0.05, 0.1) is 29.1 Å². The Morgan fingerprint density at radius 3 is 1.68 bits per heavy atom.